The number of amidine groups is 1. The van der Waals surface area contributed by atoms with Crippen molar-refractivity contribution in [2.45, 2.75) is 32.7 Å². The average molecular weight is 505 g/mol. The fraction of sp³-hybridized carbons (Fsp3) is 0.231. The van der Waals surface area contributed by atoms with Crippen LogP contribution in [-0.4, -0.2) is 32.7 Å². The summed E-state index contributed by atoms with van der Waals surface area (Å²) in [4.78, 5) is 26.6. The minimum absolute atomic E-state index is 0.0104. The van der Waals surface area contributed by atoms with E-state index in [4.69, 9.17) is 16.6 Å². The molecule has 9 heteroatoms. The highest BCUT2D eigenvalue weighted by Crippen LogP contribution is 2.30. The van der Waals surface area contributed by atoms with E-state index in [1.165, 1.54) is 16.9 Å². The first-order valence-corrected chi connectivity index (χ1v) is 12.6. The summed E-state index contributed by atoms with van der Waals surface area (Å²) in [7, 11) is 0. The van der Waals surface area contributed by atoms with Gasteiger partial charge in [0.2, 0.25) is 0 Å². The van der Waals surface area contributed by atoms with Gasteiger partial charge in [0.25, 0.3) is 0 Å². The van der Waals surface area contributed by atoms with E-state index in [0.717, 1.165) is 54.3 Å². The molecule has 0 amide bonds. The molecule has 1 aliphatic rings. The number of nitrogens with one attached hydrogen (secondary N) is 2. The molecule has 0 fully saturated rings. The lowest BCUT2D eigenvalue weighted by Gasteiger charge is -2.06. The molecule has 5 rings (SSSR count). The molecule has 4 aromatic rings. The highest BCUT2D eigenvalue weighted by Gasteiger charge is 2.18. The Morgan fingerprint density at radius 1 is 1.31 bits per heavy atom. The van der Waals surface area contributed by atoms with E-state index in [1.54, 1.807) is 12.4 Å². The first kappa shape index (κ1) is 23.3. The van der Waals surface area contributed by atoms with Crippen molar-refractivity contribution in [3.8, 4) is 0 Å². The number of benzene rings is 2. The van der Waals surface area contributed by atoms with Crippen LogP contribution in [0, 0.1) is 6.92 Å². The van der Waals surface area contributed by atoms with Gasteiger partial charge in [-0.15, -0.1) is 0 Å². The first-order chi connectivity index (χ1) is 17.0. The fourth-order valence-corrected chi connectivity index (χ4v) is 5.07. The number of ketones is 1. The fourth-order valence-electron chi connectivity index (χ4n) is 4.01. The standard InChI is InChI=1S/C26H25ClN6OS/c1-17-4-2-5-21(27)20(17)14-23(34)24-15-30-26(35-24)31-19-7-6-18-12-25(32-22(18)13-19)29-8-3-10-33-11-9-28-16-33/h2,4-7,9,11,13,15-16H,3,8,10,12,14H2,1H3,(H,29,32)(H,30,31). The van der Waals surface area contributed by atoms with Crippen molar-refractivity contribution in [1.29, 1.82) is 0 Å². The van der Waals surface area contributed by atoms with E-state index in [0.29, 0.717) is 15.0 Å². The lowest BCUT2D eigenvalue weighted by atomic mass is 10.0. The molecule has 3 heterocycles. The molecule has 0 bridgehead atoms. The quantitative estimate of drug-likeness (QED) is 0.218. The van der Waals surface area contributed by atoms with E-state index in [-0.39, 0.29) is 12.2 Å². The SMILES string of the molecule is Cc1cccc(Cl)c1CC(=O)c1cnc(Nc2ccc3c(c2)NC(=NCCCn2ccnc2)C3)s1. The van der Waals surface area contributed by atoms with Crippen molar-refractivity contribution in [3.63, 3.8) is 0 Å². The summed E-state index contributed by atoms with van der Waals surface area (Å²) in [5.74, 6) is 0.996. The van der Waals surface area contributed by atoms with Crippen molar-refractivity contribution in [2.24, 2.45) is 4.99 Å². The highest BCUT2D eigenvalue weighted by atomic mass is 35.5. The number of aryl methyl sites for hydroxylation is 2. The number of thiazole rings is 1. The van der Waals surface area contributed by atoms with Crippen LogP contribution in [0.4, 0.5) is 16.5 Å². The summed E-state index contributed by atoms with van der Waals surface area (Å²) in [6, 6.07) is 11.9. The van der Waals surface area contributed by atoms with E-state index >= 15 is 0 Å². The molecular weight excluding hydrogens is 480 g/mol. The van der Waals surface area contributed by atoms with Crippen molar-refractivity contribution in [2.75, 3.05) is 17.2 Å². The Balaban J connectivity index is 1.18. The number of carbonyl (C=O) groups excluding carboxylic acids is 1. The van der Waals surface area contributed by atoms with Gasteiger partial charge in [0, 0.05) is 54.7 Å². The summed E-state index contributed by atoms with van der Waals surface area (Å²) in [5, 5.41) is 8.04. The topological polar surface area (TPSA) is 84.2 Å². The maximum absolute atomic E-state index is 12.8. The minimum Gasteiger partial charge on any atom is -0.343 e. The third-order valence-corrected chi connectivity index (χ3v) is 7.21. The van der Waals surface area contributed by atoms with Crippen LogP contribution in [-0.2, 0) is 19.4 Å². The number of halogens is 1. The zero-order valence-electron chi connectivity index (χ0n) is 19.3. The number of hydrogen-bond acceptors (Lipinski definition) is 6. The van der Waals surface area contributed by atoms with Gasteiger partial charge in [-0.05, 0) is 48.2 Å². The van der Waals surface area contributed by atoms with Crippen LogP contribution < -0.4 is 10.6 Å². The van der Waals surface area contributed by atoms with Gasteiger partial charge in [-0.2, -0.15) is 0 Å². The molecule has 0 spiro atoms. The second kappa shape index (κ2) is 10.4. The molecule has 0 atom stereocenters. The number of fused-ring (bicyclic) bond motifs is 1. The molecule has 0 saturated carbocycles. The third-order valence-electron chi connectivity index (χ3n) is 5.91. The summed E-state index contributed by atoms with van der Waals surface area (Å²) >= 11 is 7.64. The summed E-state index contributed by atoms with van der Waals surface area (Å²) in [6.07, 6.45) is 9.24. The number of rotatable bonds is 9. The van der Waals surface area contributed by atoms with Gasteiger partial charge in [-0.3, -0.25) is 9.79 Å². The Morgan fingerprint density at radius 2 is 2.23 bits per heavy atom. The molecule has 0 unspecified atom stereocenters. The van der Waals surface area contributed by atoms with Gasteiger partial charge in [0.05, 0.1) is 17.4 Å². The zero-order chi connectivity index (χ0) is 24.2. The lowest BCUT2D eigenvalue weighted by molar-refractivity contribution is 0.0996. The number of imidazole rings is 1. The number of aliphatic imine (C=N–C) groups is 1. The van der Waals surface area contributed by atoms with Gasteiger partial charge in [-0.25, -0.2) is 9.97 Å². The zero-order valence-corrected chi connectivity index (χ0v) is 20.9. The normalized spacial score (nSPS) is 13.6. The highest BCUT2D eigenvalue weighted by molar-refractivity contribution is 7.17. The second-order valence-corrected chi connectivity index (χ2v) is 9.88. The molecule has 35 heavy (non-hydrogen) atoms. The van der Waals surface area contributed by atoms with Crippen LogP contribution in [0.15, 0.2) is 66.3 Å². The second-order valence-electron chi connectivity index (χ2n) is 8.45. The van der Waals surface area contributed by atoms with Crippen LogP contribution in [0.25, 0.3) is 0 Å². The Bertz CT molecular complexity index is 1360. The first-order valence-electron chi connectivity index (χ1n) is 11.4. The Labute approximate surface area is 212 Å². The molecule has 0 saturated heterocycles. The summed E-state index contributed by atoms with van der Waals surface area (Å²) in [6.45, 7) is 3.64. The van der Waals surface area contributed by atoms with Crippen molar-refractivity contribution in [3.05, 3.63) is 87.9 Å². The predicted molar refractivity (Wildman–Crippen MR) is 143 cm³/mol. The van der Waals surface area contributed by atoms with Crippen molar-refractivity contribution >= 4 is 51.1 Å². The predicted octanol–water partition coefficient (Wildman–Crippen LogP) is 5.93. The third kappa shape index (κ3) is 5.61. The maximum Gasteiger partial charge on any atom is 0.187 e. The maximum atomic E-state index is 12.8. The Kier molecular flexibility index (Phi) is 6.92. The number of nitrogens with zero attached hydrogens (tertiary/aromatic N) is 4. The van der Waals surface area contributed by atoms with Gasteiger partial charge < -0.3 is 15.2 Å². The van der Waals surface area contributed by atoms with E-state index in [1.807, 2.05) is 43.7 Å². The minimum atomic E-state index is 0.0104. The summed E-state index contributed by atoms with van der Waals surface area (Å²) in [5.41, 5.74) is 5.05. The molecule has 178 valence electrons. The van der Waals surface area contributed by atoms with E-state index in [9.17, 15) is 4.79 Å². The largest absolute Gasteiger partial charge is 0.343 e. The molecule has 2 aromatic heterocycles. The van der Waals surface area contributed by atoms with Gasteiger partial charge in [0.1, 0.15) is 5.84 Å². The van der Waals surface area contributed by atoms with Gasteiger partial charge >= 0.3 is 0 Å². The van der Waals surface area contributed by atoms with Crippen LogP contribution >= 0.6 is 22.9 Å². The monoisotopic (exact) mass is 504 g/mol. The number of aromatic nitrogens is 3. The smallest absolute Gasteiger partial charge is 0.187 e. The molecule has 2 N–H and O–H groups in total. The number of hydrogen-bond donors (Lipinski definition) is 2. The molecule has 0 radical (unpaired) electrons. The Hall–Kier alpha value is -3.49. The number of anilines is 3. The van der Waals surface area contributed by atoms with E-state index in [2.05, 4.69) is 37.3 Å². The number of Topliss-reactive ketones (excluding diaryl/α,β-unsaturated/α-hetero) is 1. The summed E-state index contributed by atoms with van der Waals surface area (Å²) < 4.78 is 2.06. The van der Waals surface area contributed by atoms with Crippen LogP contribution in [0.2, 0.25) is 5.02 Å². The number of carbonyl (C=O) groups is 1. The van der Waals surface area contributed by atoms with Crippen molar-refractivity contribution in [1.82, 2.24) is 14.5 Å². The molecule has 0 aliphatic carbocycles. The van der Waals surface area contributed by atoms with Gasteiger partial charge in [-0.1, -0.05) is 41.1 Å². The molecule has 2 aromatic carbocycles. The lowest BCUT2D eigenvalue weighted by Crippen LogP contribution is -2.08. The van der Waals surface area contributed by atoms with Gasteiger partial charge in [0.15, 0.2) is 10.9 Å². The van der Waals surface area contributed by atoms with E-state index < -0.39 is 0 Å². The van der Waals surface area contributed by atoms with Crippen molar-refractivity contribution < 1.29 is 4.79 Å². The van der Waals surface area contributed by atoms with Crippen LogP contribution in [0.3, 0.4) is 0 Å². The molecular formula is C26H25ClN6OS. The Morgan fingerprint density at radius 3 is 3.06 bits per heavy atom. The molecule has 7 nitrogen and oxygen atoms in total. The van der Waals surface area contributed by atoms with Crippen LogP contribution in [0.5, 0.6) is 0 Å². The molecule has 1 aliphatic heterocycles. The average Bonchev–Trinajstić information content (AvgIpc) is 3.60. The van der Waals surface area contributed by atoms with Crippen LogP contribution in [0.1, 0.15) is 32.8 Å².